The van der Waals surface area contributed by atoms with Crippen LogP contribution >= 0.6 is 0 Å². The van der Waals surface area contributed by atoms with Crippen molar-refractivity contribution >= 4 is 5.91 Å². The molecule has 0 aliphatic rings. The maximum Gasteiger partial charge on any atom is 0.251 e. The van der Waals surface area contributed by atoms with Crippen LogP contribution in [0.4, 0.5) is 0 Å². The van der Waals surface area contributed by atoms with Crippen molar-refractivity contribution in [3.63, 3.8) is 0 Å². The number of aromatic nitrogens is 1. The fraction of sp³-hybridized carbons (Fsp3) is 0.389. The second-order valence-corrected chi connectivity index (χ2v) is 5.59. The maximum atomic E-state index is 12.3. The fourth-order valence-electron chi connectivity index (χ4n) is 2.32. The first kappa shape index (κ1) is 17.1. The molecule has 1 amide bonds. The van der Waals surface area contributed by atoms with Crippen LogP contribution in [0.2, 0.25) is 0 Å². The monoisotopic (exact) mass is 315 g/mol. The zero-order chi connectivity index (χ0) is 16.7. The lowest BCUT2D eigenvalue weighted by atomic mass is 10.1. The number of hydrogen-bond donors (Lipinski definition) is 2. The molecule has 0 aliphatic carbocycles. The fourth-order valence-corrected chi connectivity index (χ4v) is 2.32. The van der Waals surface area contributed by atoms with Gasteiger partial charge in [0.15, 0.2) is 0 Å². The number of ether oxygens (including phenoxy) is 1. The highest BCUT2D eigenvalue weighted by molar-refractivity contribution is 5.94. The molecule has 0 radical (unpaired) electrons. The Balaban J connectivity index is 1.91. The van der Waals surface area contributed by atoms with Crippen molar-refractivity contribution in [3.05, 3.63) is 53.3 Å². The first-order valence-electron chi connectivity index (χ1n) is 7.93. The molecule has 5 nitrogen and oxygen atoms in total. The summed E-state index contributed by atoms with van der Waals surface area (Å²) in [4.78, 5) is 12.3. The minimum absolute atomic E-state index is 0.0807. The summed E-state index contributed by atoms with van der Waals surface area (Å²) in [6, 6.07) is 9.58. The molecule has 1 aromatic heterocycles. The number of rotatable bonds is 8. The van der Waals surface area contributed by atoms with E-state index in [0.29, 0.717) is 25.3 Å². The summed E-state index contributed by atoms with van der Waals surface area (Å²) >= 11 is 0. The van der Waals surface area contributed by atoms with Gasteiger partial charge in [0, 0.05) is 37.5 Å². The molecule has 0 atom stereocenters. The van der Waals surface area contributed by atoms with Crippen LogP contribution in [-0.4, -0.2) is 30.2 Å². The number of nitrogens with two attached hydrogens (primary N) is 1. The van der Waals surface area contributed by atoms with Gasteiger partial charge in [-0.15, -0.1) is 0 Å². The van der Waals surface area contributed by atoms with Gasteiger partial charge in [-0.25, -0.2) is 0 Å². The third kappa shape index (κ3) is 4.86. The van der Waals surface area contributed by atoms with E-state index in [2.05, 4.69) is 16.0 Å². The van der Waals surface area contributed by atoms with Crippen LogP contribution in [0.3, 0.4) is 0 Å². The van der Waals surface area contributed by atoms with Crippen LogP contribution in [0.5, 0.6) is 5.75 Å². The lowest BCUT2D eigenvalue weighted by molar-refractivity contribution is 0.0953. The average Bonchev–Trinajstić information content (AvgIpc) is 2.94. The van der Waals surface area contributed by atoms with Crippen LogP contribution in [0.15, 0.2) is 36.5 Å². The normalized spacial score (nSPS) is 10.6. The molecule has 1 heterocycles. The summed E-state index contributed by atoms with van der Waals surface area (Å²) < 4.78 is 7.74. The smallest absolute Gasteiger partial charge is 0.251 e. The number of nitrogens with zero attached hydrogens (tertiary/aromatic N) is 1. The van der Waals surface area contributed by atoms with Gasteiger partial charge in [-0.1, -0.05) is 6.07 Å². The van der Waals surface area contributed by atoms with Crippen molar-refractivity contribution in [2.24, 2.45) is 12.8 Å². The average molecular weight is 315 g/mol. The van der Waals surface area contributed by atoms with E-state index in [-0.39, 0.29) is 5.91 Å². The number of nitrogens with one attached hydrogen (secondary N) is 1. The van der Waals surface area contributed by atoms with Gasteiger partial charge >= 0.3 is 0 Å². The molecule has 1 aromatic carbocycles. The van der Waals surface area contributed by atoms with Crippen LogP contribution in [0, 0.1) is 6.92 Å². The van der Waals surface area contributed by atoms with Gasteiger partial charge in [0.25, 0.3) is 5.91 Å². The summed E-state index contributed by atoms with van der Waals surface area (Å²) in [5.74, 6) is 0.663. The van der Waals surface area contributed by atoms with Crippen molar-refractivity contribution in [1.82, 2.24) is 9.88 Å². The minimum atomic E-state index is -0.0807. The molecule has 124 valence electrons. The molecule has 5 heteroatoms. The molecule has 2 rings (SSSR count). The lowest BCUT2D eigenvalue weighted by Gasteiger charge is -2.11. The molecule has 3 N–H and O–H groups in total. The standard InChI is InChI=1S/C18H25N3O2/c1-14-6-7-15(13-17(14)23-12-4-9-19)18(22)20-10-8-16-5-3-11-21(16)2/h3,5-7,11,13H,4,8-10,12,19H2,1-2H3,(H,20,22). The predicted molar refractivity (Wildman–Crippen MR) is 91.8 cm³/mol. The lowest BCUT2D eigenvalue weighted by Crippen LogP contribution is -2.26. The van der Waals surface area contributed by atoms with Gasteiger partial charge in [0.1, 0.15) is 5.75 Å². The number of carbonyl (C=O) groups is 1. The van der Waals surface area contributed by atoms with E-state index < -0.39 is 0 Å². The van der Waals surface area contributed by atoms with E-state index in [9.17, 15) is 4.79 Å². The van der Waals surface area contributed by atoms with Crippen molar-refractivity contribution in [3.8, 4) is 5.75 Å². The Morgan fingerprint density at radius 2 is 2.17 bits per heavy atom. The largest absolute Gasteiger partial charge is 0.493 e. The number of benzene rings is 1. The Hall–Kier alpha value is -2.27. The minimum Gasteiger partial charge on any atom is -0.493 e. The SMILES string of the molecule is Cc1ccc(C(=O)NCCc2cccn2C)cc1OCCCN. The Kier molecular flexibility index (Phi) is 6.23. The maximum absolute atomic E-state index is 12.3. The molecule has 0 aliphatic heterocycles. The number of aryl methyl sites for hydroxylation is 2. The summed E-state index contributed by atoms with van der Waals surface area (Å²) in [6.07, 6.45) is 3.61. The Bertz CT molecular complexity index is 649. The highest BCUT2D eigenvalue weighted by atomic mass is 16.5. The Labute approximate surface area is 137 Å². The van der Waals surface area contributed by atoms with Crippen LogP contribution in [0.25, 0.3) is 0 Å². The van der Waals surface area contributed by atoms with Crippen molar-refractivity contribution < 1.29 is 9.53 Å². The molecule has 0 saturated carbocycles. The van der Waals surface area contributed by atoms with Crippen molar-refractivity contribution in [2.75, 3.05) is 19.7 Å². The second-order valence-electron chi connectivity index (χ2n) is 5.59. The molecule has 2 aromatic rings. The first-order chi connectivity index (χ1) is 11.1. The zero-order valence-electron chi connectivity index (χ0n) is 13.8. The van der Waals surface area contributed by atoms with Crippen molar-refractivity contribution in [1.29, 1.82) is 0 Å². The predicted octanol–water partition coefficient (Wildman–Crippen LogP) is 2.03. The number of carbonyl (C=O) groups excluding carboxylic acids is 1. The van der Waals surface area contributed by atoms with E-state index in [0.717, 1.165) is 24.2 Å². The van der Waals surface area contributed by atoms with E-state index >= 15 is 0 Å². The topological polar surface area (TPSA) is 69.3 Å². The summed E-state index contributed by atoms with van der Waals surface area (Å²) in [6.45, 7) is 3.73. The molecule has 0 unspecified atom stereocenters. The second kappa shape index (κ2) is 8.39. The summed E-state index contributed by atoms with van der Waals surface area (Å²) in [5.41, 5.74) is 8.30. The highest BCUT2D eigenvalue weighted by Gasteiger charge is 2.09. The molecule has 0 fully saturated rings. The van der Waals surface area contributed by atoms with Gasteiger partial charge in [-0.2, -0.15) is 0 Å². The zero-order valence-corrected chi connectivity index (χ0v) is 13.8. The van der Waals surface area contributed by atoms with Gasteiger partial charge < -0.3 is 20.4 Å². The summed E-state index contributed by atoms with van der Waals surface area (Å²) in [5, 5.41) is 2.95. The summed E-state index contributed by atoms with van der Waals surface area (Å²) in [7, 11) is 2.00. The van der Waals surface area contributed by atoms with Gasteiger partial charge in [0.05, 0.1) is 6.61 Å². The molecule has 0 spiro atoms. The third-order valence-electron chi connectivity index (χ3n) is 3.77. The van der Waals surface area contributed by atoms with Crippen LogP contribution in [0.1, 0.15) is 28.0 Å². The molecule has 0 saturated heterocycles. The Morgan fingerprint density at radius 1 is 1.35 bits per heavy atom. The Morgan fingerprint density at radius 3 is 2.87 bits per heavy atom. The first-order valence-corrected chi connectivity index (χ1v) is 7.93. The quantitative estimate of drug-likeness (QED) is 0.732. The van der Waals surface area contributed by atoms with Gasteiger partial charge in [-0.3, -0.25) is 4.79 Å². The number of amides is 1. The third-order valence-corrected chi connectivity index (χ3v) is 3.77. The van der Waals surface area contributed by atoms with E-state index in [1.54, 1.807) is 6.07 Å². The molecular formula is C18H25N3O2. The molecule has 23 heavy (non-hydrogen) atoms. The number of hydrogen-bond acceptors (Lipinski definition) is 3. The van der Waals surface area contributed by atoms with Gasteiger partial charge in [-0.05, 0) is 49.7 Å². The molecular weight excluding hydrogens is 290 g/mol. The highest BCUT2D eigenvalue weighted by Crippen LogP contribution is 2.19. The van der Waals surface area contributed by atoms with Gasteiger partial charge in [0.2, 0.25) is 0 Å². The van der Waals surface area contributed by atoms with E-state index in [1.165, 1.54) is 5.69 Å². The van der Waals surface area contributed by atoms with Crippen molar-refractivity contribution in [2.45, 2.75) is 19.8 Å². The van der Waals surface area contributed by atoms with E-state index in [4.69, 9.17) is 10.5 Å². The van der Waals surface area contributed by atoms with Crippen LogP contribution in [-0.2, 0) is 13.5 Å². The van der Waals surface area contributed by atoms with E-state index in [1.807, 2.05) is 38.4 Å². The molecule has 0 bridgehead atoms. The van der Waals surface area contributed by atoms with Crippen LogP contribution < -0.4 is 15.8 Å².